The van der Waals surface area contributed by atoms with Crippen LogP contribution in [0.1, 0.15) is 0 Å². The van der Waals surface area contributed by atoms with Gasteiger partial charge in [-0.3, -0.25) is 4.79 Å². The SMILES string of the molecule is O=c1c2ccccc2nc(Nc2ccc3cncn3c2)n1-c1ccccc1. The molecule has 0 aliphatic rings. The number of pyridine rings is 1. The third-order valence-corrected chi connectivity index (χ3v) is 4.45. The van der Waals surface area contributed by atoms with E-state index in [9.17, 15) is 4.79 Å². The lowest BCUT2D eigenvalue weighted by Crippen LogP contribution is -2.22. The molecule has 3 aromatic heterocycles. The number of para-hydroxylation sites is 2. The predicted octanol–water partition coefficient (Wildman–Crippen LogP) is 3.78. The van der Waals surface area contributed by atoms with Gasteiger partial charge in [-0.15, -0.1) is 0 Å². The van der Waals surface area contributed by atoms with Gasteiger partial charge in [0.1, 0.15) is 0 Å². The Morgan fingerprint density at radius 3 is 2.59 bits per heavy atom. The van der Waals surface area contributed by atoms with Gasteiger partial charge < -0.3 is 9.72 Å². The molecule has 0 aliphatic heterocycles. The first kappa shape index (κ1) is 15.3. The Bertz CT molecular complexity index is 1320. The Hall–Kier alpha value is -3.93. The summed E-state index contributed by atoms with van der Waals surface area (Å²) in [5.74, 6) is 0.462. The first-order valence-electron chi connectivity index (χ1n) is 8.55. The average Bonchev–Trinajstić information content (AvgIpc) is 3.17. The van der Waals surface area contributed by atoms with E-state index in [1.807, 2.05) is 71.3 Å². The smallest absolute Gasteiger partial charge is 0.267 e. The number of aromatic nitrogens is 4. The molecule has 27 heavy (non-hydrogen) atoms. The number of fused-ring (bicyclic) bond motifs is 2. The van der Waals surface area contributed by atoms with E-state index in [4.69, 9.17) is 4.98 Å². The van der Waals surface area contributed by atoms with Gasteiger partial charge in [-0.2, -0.15) is 0 Å². The molecule has 0 radical (unpaired) electrons. The number of rotatable bonds is 3. The van der Waals surface area contributed by atoms with Gasteiger partial charge in [0.05, 0.1) is 40.3 Å². The van der Waals surface area contributed by atoms with Crippen molar-refractivity contribution in [2.45, 2.75) is 0 Å². The molecule has 6 nitrogen and oxygen atoms in total. The van der Waals surface area contributed by atoms with Gasteiger partial charge in [0.15, 0.2) is 0 Å². The molecule has 0 saturated carbocycles. The zero-order valence-corrected chi connectivity index (χ0v) is 14.3. The minimum Gasteiger partial charge on any atom is -0.324 e. The molecule has 0 spiro atoms. The Kier molecular flexibility index (Phi) is 3.47. The lowest BCUT2D eigenvalue weighted by molar-refractivity contribution is 0.973. The normalized spacial score (nSPS) is 11.1. The summed E-state index contributed by atoms with van der Waals surface area (Å²) in [5.41, 5.74) is 3.10. The van der Waals surface area contributed by atoms with Gasteiger partial charge in [-0.1, -0.05) is 30.3 Å². The van der Waals surface area contributed by atoms with Crippen molar-refractivity contribution in [2.75, 3.05) is 5.32 Å². The summed E-state index contributed by atoms with van der Waals surface area (Å²) in [6.07, 6.45) is 5.44. The molecule has 0 saturated heterocycles. The molecule has 0 atom stereocenters. The standard InChI is InChI=1S/C21H15N5O/c27-20-18-8-4-5-9-19(18)24-21(26(20)16-6-2-1-3-7-16)23-15-10-11-17-12-22-14-25(17)13-15/h1-14H,(H,23,24). The van der Waals surface area contributed by atoms with Gasteiger partial charge in [0.25, 0.3) is 5.56 Å². The van der Waals surface area contributed by atoms with Crippen molar-refractivity contribution in [1.29, 1.82) is 0 Å². The van der Waals surface area contributed by atoms with E-state index in [0.29, 0.717) is 16.9 Å². The molecule has 0 amide bonds. The Morgan fingerprint density at radius 2 is 1.70 bits per heavy atom. The molecule has 0 fully saturated rings. The number of imidazole rings is 1. The van der Waals surface area contributed by atoms with Crippen LogP contribution in [-0.4, -0.2) is 18.9 Å². The minimum atomic E-state index is -0.113. The highest BCUT2D eigenvalue weighted by atomic mass is 16.1. The van der Waals surface area contributed by atoms with Gasteiger partial charge in [-0.05, 0) is 36.4 Å². The molecular weight excluding hydrogens is 338 g/mol. The van der Waals surface area contributed by atoms with Crippen LogP contribution in [0.15, 0.2) is 90.2 Å². The van der Waals surface area contributed by atoms with E-state index >= 15 is 0 Å². The van der Waals surface area contributed by atoms with Crippen LogP contribution in [0.3, 0.4) is 0 Å². The minimum absolute atomic E-state index is 0.113. The average molecular weight is 353 g/mol. The lowest BCUT2D eigenvalue weighted by atomic mass is 10.2. The van der Waals surface area contributed by atoms with Crippen molar-refractivity contribution >= 4 is 28.1 Å². The molecule has 1 N–H and O–H groups in total. The van der Waals surface area contributed by atoms with Gasteiger partial charge >= 0.3 is 0 Å². The molecule has 0 bridgehead atoms. The second kappa shape index (κ2) is 6.10. The van der Waals surface area contributed by atoms with Crippen molar-refractivity contribution in [3.05, 3.63) is 95.8 Å². The molecular formula is C21H15N5O. The highest BCUT2D eigenvalue weighted by Gasteiger charge is 2.13. The fraction of sp³-hybridized carbons (Fsp3) is 0. The van der Waals surface area contributed by atoms with Gasteiger partial charge in [-0.25, -0.2) is 14.5 Å². The Balaban J connectivity index is 1.73. The van der Waals surface area contributed by atoms with Crippen molar-refractivity contribution in [3.8, 4) is 5.69 Å². The third-order valence-electron chi connectivity index (χ3n) is 4.45. The lowest BCUT2D eigenvalue weighted by Gasteiger charge is -2.15. The highest BCUT2D eigenvalue weighted by molar-refractivity contribution is 5.80. The first-order chi connectivity index (χ1) is 13.3. The number of hydrogen-bond acceptors (Lipinski definition) is 4. The van der Waals surface area contributed by atoms with E-state index in [0.717, 1.165) is 16.9 Å². The van der Waals surface area contributed by atoms with Crippen LogP contribution in [0.4, 0.5) is 11.6 Å². The van der Waals surface area contributed by atoms with Gasteiger partial charge in [0.2, 0.25) is 5.95 Å². The van der Waals surface area contributed by atoms with E-state index in [1.165, 1.54) is 0 Å². The van der Waals surface area contributed by atoms with Crippen molar-refractivity contribution in [1.82, 2.24) is 18.9 Å². The van der Waals surface area contributed by atoms with Crippen LogP contribution < -0.4 is 10.9 Å². The maximum absolute atomic E-state index is 13.2. The second-order valence-corrected chi connectivity index (χ2v) is 6.20. The number of hydrogen-bond donors (Lipinski definition) is 1. The summed E-state index contributed by atoms with van der Waals surface area (Å²) in [4.78, 5) is 22.0. The van der Waals surface area contributed by atoms with Crippen molar-refractivity contribution in [3.63, 3.8) is 0 Å². The van der Waals surface area contributed by atoms with E-state index in [2.05, 4.69) is 10.3 Å². The van der Waals surface area contributed by atoms with Crippen LogP contribution in [0.5, 0.6) is 0 Å². The van der Waals surface area contributed by atoms with Crippen LogP contribution in [0.25, 0.3) is 22.1 Å². The number of anilines is 2. The third kappa shape index (κ3) is 2.64. The fourth-order valence-electron chi connectivity index (χ4n) is 3.16. The van der Waals surface area contributed by atoms with Crippen LogP contribution in [0.2, 0.25) is 0 Å². The maximum Gasteiger partial charge on any atom is 0.267 e. The molecule has 6 heteroatoms. The Labute approximate surface area is 154 Å². The van der Waals surface area contributed by atoms with Crippen molar-refractivity contribution in [2.24, 2.45) is 0 Å². The van der Waals surface area contributed by atoms with E-state index in [1.54, 1.807) is 23.2 Å². The zero-order valence-electron chi connectivity index (χ0n) is 14.3. The molecule has 2 aromatic carbocycles. The molecule has 130 valence electrons. The quantitative estimate of drug-likeness (QED) is 0.536. The number of benzene rings is 2. The van der Waals surface area contributed by atoms with Crippen LogP contribution in [0, 0.1) is 0 Å². The topological polar surface area (TPSA) is 64.2 Å². The van der Waals surface area contributed by atoms with Crippen molar-refractivity contribution < 1.29 is 0 Å². The summed E-state index contributed by atoms with van der Waals surface area (Å²) in [6, 6.07) is 20.8. The van der Waals surface area contributed by atoms with Crippen LogP contribution in [-0.2, 0) is 0 Å². The summed E-state index contributed by atoms with van der Waals surface area (Å²) in [5, 5.41) is 3.87. The molecule has 3 heterocycles. The van der Waals surface area contributed by atoms with E-state index in [-0.39, 0.29) is 5.56 Å². The highest BCUT2D eigenvalue weighted by Crippen LogP contribution is 2.20. The predicted molar refractivity (Wildman–Crippen MR) is 106 cm³/mol. The summed E-state index contributed by atoms with van der Waals surface area (Å²) < 4.78 is 3.51. The molecule has 5 rings (SSSR count). The van der Waals surface area contributed by atoms with Crippen LogP contribution >= 0.6 is 0 Å². The fourth-order valence-corrected chi connectivity index (χ4v) is 3.16. The number of nitrogens with zero attached hydrogens (tertiary/aromatic N) is 4. The molecule has 5 aromatic rings. The monoisotopic (exact) mass is 353 g/mol. The first-order valence-corrected chi connectivity index (χ1v) is 8.55. The molecule has 0 unspecified atom stereocenters. The maximum atomic E-state index is 13.2. The summed E-state index contributed by atoms with van der Waals surface area (Å²) in [6.45, 7) is 0. The zero-order chi connectivity index (χ0) is 18.2. The number of nitrogens with one attached hydrogen (secondary N) is 1. The largest absolute Gasteiger partial charge is 0.324 e. The summed E-state index contributed by atoms with van der Waals surface area (Å²) >= 11 is 0. The second-order valence-electron chi connectivity index (χ2n) is 6.20. The molecule has 0 aliphatic carbocycles. The van der Waals surface area contributed by atoms with E-state index < -0.39 is 0 Å². The van der Waals surface area contributed by atoms with Gasteiger partial charge in [0, 0.05) is 6.20 Å². The Morgan fingerprint density at radius 1 is 0.889 bits per heavy atom. The summed E-state index contributed by atoms with van der Waals surface area (Å²) in [7, 11) is 0.